The quantitative estimate of drug-likeness (QED) is 0.790. The third-order valence-corrected chi connectivity index (χ3v) is 4.04. The molecule has 1 aromatic carbocycles. The van der Waals surface area contributed by atoms with E-state index in [1.165, 1.54) is 5.56 Å². The summed E-state index contributed by atoms with van der Waals surface area (Å²) in [5, 5.41) is 11.9. The molecule has 1 heterocycles. The van der Waals surface area contributed by atoms with Gasteiger partial charge in [0.05, 0.1) is 24.7 Å². The largest absolute Gasteiger partial charge is 0.480 e. The number of carboxylic acids is 1. The van der Waals surface area contributed by atoms with Gasteiger partial charge in [0.25, 0.3) is 0 Å². The number of amides is 1. The molecule has 6 nitrogen and oxygen atoms in total. The van der Waals surface area contributed by atoms with Gasteiger partial charge in [0.2, 0.25) is 5.91 Å². The molecule has 6 heteroatoms. The fourth-order valence-electron chi connectivity index (χ4n) is 2.81. The van der Waals surface area contributed by atoms with E-state index < -0.39 is 12.0 Å². The molecule has 2 rings (SSSR count). The molecule has 1 amide bonds. The van der Waals surface area contributed by atoms with Gasteiger partial charge in [0, 0.05) is 13.0 Å². The Kier molecular flexibility index (Phi) is 6.56. The highest BCUT2D eigenvalue weighted by Gasteiger charge is 2.26. The number of nitrogens with one attached hydrogen (secondary N) is 1. The van der Waals surface area contributed by atoms with Crippen LogP contribution >= 0.6 is 0 Å². The van der Waals surface area contributed by atoms with Gasteiger partial charge in [-0.3, -0.25) is 4.79 Å². The normalized spacial score (nSPS) is 18.3. The molecule has 2 N–H and O–H groups in total. The smallest absolute Gasteiger partial charge is 0.326 e. The van der Waals surface area contributed by atoms with Crippen LogP contribution in [0.4, 0.5) is 0 Å². The first-order valence-electron chi connectivity index (χ1n) is 8.62. The summed E-state index contributed by atoms with van der Waals surface area (Å²) in [7, 11) is 0. The Morgan fingerprint density at radius 1 is 1.36 bits per heavy atom. The molecule has 0 saturated heterocycles. The van der Waals surface area contributed by atoms with Crippen LogP contribution < -0.4 is 5.32 Å². The summed E-state index contributed by atoms with van der Waals surface area (Å²) in [6.45, 7) is 6.54. The van der Waals surface area contributed by atoms with Crippen LogP contribution in [-0.2, 0) is 25.5 Å². The van der Waals surface area contributed by atoms with Crippen LogP contribution in [-0.4, -0.2) is 41.8 Å². The zero-order chi connectivity index (χ0) is 18.4. The van der Waals surface area contributed by atoms with Crippen LogP contribution in [0, 0.1) is 0 Å². The fraction of sp³-hybridized carbons (Fsp3) is 0.579. The number of benzene rings is 1. The van der Waals surface area contributed by atoms with Crippen molar-refractivity contribution < 1.29 is 24.2 Å². The molecule has 0 bridgehead atoms. The Morgan fingerprint density at radius 2 is 2.08 bits per heavy atom. The summed E-state index contributed by atoms with van der Waals surface area (Å²) < 4.78 is 11.3. The third kappa shape index (κ3) is 6.14. The van der Waals surface area contributed by atoms with Crippen molar-refractivity contribution in [1.82, 2.24) is 5.32 Å². The number of hydrogen-bond acceptors (Lipinski definition) is 4. The molecule has 1 aliphatic heterocycles. The number of carboxylic acid groups (broad SMARTS) is 1. The van der Waals surface area contributed by atoms with Crippen LogP contribution in [0.15, 0.2) is 24.3 Å². The standard InChI is InChI=1S/C19H27NO5/c1-19(2,3)25-11-9-15(18(22)23)20-17(21)12-16-14-7-5-4-6-13(14)8-10-24-16/h4-7,15-16H,8-12H2,1-3H3,(H,20,21)(H,22,23). The predicted molar refractivity (Wildman–Crippen MR) is 93.3 cm³/mol. The minimum atomic E-state index is -1.06. The van der Waals surface area contributed by atoms with Gasteiger partial charge in [-0.05, 0) is 38.3 Å². The Labute approximate surface area is 148 Å². The van der Waals surface area contributed by atoms with Crippen molar-refractivity contribution in [2.75, 3.05) is 13.2 Å². The average molecular weight is 349 g/mol. The zero-order valence-corrected chi connectivity index (χ0v) is 15.1. The molecular weight excluding hydrogens is 322 g/mol. The average Bonchev–Trinajstić information content (AvgIpc) is 2.53. The predicted octanol–water partition coefficient (Wildman–Crippen LogP) is 2.47. The molecule has 0 fully saturated rings. The van der Waals surface area contributed by atoms with Crippen molar-refractivity contribution in [2.45, 2.75) is 57.8 Å². The van der Waals surface area contributed by atoms with Crippen molar-refractivity contribution in [2.24, 2.45) is 0 Å². The van der Waals surface area contributed by atoms with E-state index in [0.29, 0.717) is 6.61 Å². The lowest BCUT2D eigenvalue weighted by molar-refractivity contribution is -0.143. The second-order valence-electron chi connectivity index (χ2n) is 7.22. The maximum absolute atomic E-state index is 12.3. The van der Waals surface area contributed by atoms with Gasteiger partial charge in [-0.1, -0.05) is 24.3 Å². The third-order valence-electron chi connectivity index (χ3n) is 4.04. The number of ether oxygens (including phenoxy) is 2. The summed E-state index contributed by atoms with van der Waals surface area (Å²) >= 11 is 0. The first-order chi connectivity index (χ1) is 11.8. The molecule has 0 saturated carbocycles. The van der Waals surface area contributed by atoms with Gasteiger partial charge < -0.3 is 19.9 Å². The van der Waals surface area contributed by atoms with Gasteiger partial charge in [0.1, 0.15) is 6.04 Å². The van der Waals surface area contributed by atoms with E-state index in [0.717, 1.165) is 12.0 Å². The van der Waals surface area contributed by atoms with E-state index in [1.807, 2.05) is 45.0 Å². The van der Waals surface area contributed by atoms with Gasteiger partial charge in [0.15, 0.2) is 0 Å². The summed E-state index contributed by atoms with van der Waals surface area (Å²) in [5.41, 5.74) is 1.85. The number of carbonyl (C=O) groups is 2. The summed E-state index contributed by atoms with van der Waals surface area (Å²) in [5.74, 6) is -1.39. The van der Waals surface area contributed by atoms with E-state index >= 15 is 0 Å². The van der Waals surface area contributed by atoms with Crippen LogP contribution in [0.1, 0.15) is 50.8 Å². The number of fused-ring (bicyclic) bond motifs is 1. The van der Waals surface area contributed by atoms with Crippen molar-refractivity contribution in [3.8, 4) is 0 Å². The summed E-state index contributed by atoms with van der Waals surface area (Å²) in [6, 6.07) is 6.91. The Bertz CT molecular complexity index is 608. The fourth-order valence-corrected chi connectivity index (χ4v) is 2.81. The maximum Gasteiger partial charge on any atom is 0.326 e. The van der Waals surface area contributed by atoms with Gasteiger partial charge in [-0.25, -0.2) is 4.79 Å². The second kappa shape index (κ2) is 8.45. The zero-order valence-electron chi connectivity index (χ0n) is 15.1. The van der Waals surface area contributed by atoms with E-state index in [-0.39, 0.29) is 37.1 Å². The Hall–Kier alpha value is -1.92. The summed E-state index contributed by atoms with van der Waals surface area (Å²) in [6.07, 6.45) is 0.836. The molecule has 2 unspecified atom stereocenters. The Morgan fingerprint density at radius 3 is 2.76 bits per heavy atom. The van der Waals surface area contributed by atoms with Crippen molar-refractivity contribution in [1.29, 1.82) is 0 Å². The maximum atomic E-state index is 12.3. The van der Waals surface area contributed by atoms with Crippen LogP contribution in [0.25, 0.3) is 0 Å². The lowest BCUT2D eigenvalue weighted by Crippen LogP contribution is -2.42. The lowest BCUT2D eigenvalue weighted by Gasteiger charge is -2.26. The van der Waals surface area contributed by atoms with Crippen LogP contribution in [0.3, 0.4) is 0 Å². The van der Waals surface area contributed by atoms with Gasteiger partial charge >= 0.3 is 5.97 Å². The van der Waals surface area contributed by atoms with Crippen LogP contribution in [0.2, 0.25) is 0 Å². The molecule has 138 valence electrons. The van der Waals surface area contributed by atoms with Crippen LogP contribution in [0.5, 0.6) is 0 Å². The molecule has 2 atom stereocenters. The number of hydrogen-bond donors (Lipinski definition) is 2. The highest BCUT2D eigenvalue weighted by atomic mass is 16.5. The number of rotatable bonds is 7. The highest BCUT2D eigenvalue weighted by molar-refractivity contribution is 5.83. The highest BCUT2D eigenvalue weighted by Crippen LogP contribution is 2.29. The molecule has 0 aliphatic carbocycles. The van der Waals surface area contributed by atoms with E-state index in [2.05, 4.69) is 5.32 Å². The number of aliphatic carboxylic acids is 1. The van der Waals surface area contributed by atoms with Gasteiger partial charge in [-0.2, -0.15) is 0 Å². The first-order valence-corrected chi connectivity index (χ1v) is 8.62. The molecule has 1 aromatic rings. The lowest BCUT2D eigenvalue weighted by atomic mass is 9.95. The van der Waals surface area contributed by atoms with E-state index in [1.54, 1.807) is 0 Å². The molecule has 25 heavy (non-hydrogen) atoms. The topological polar surface area (TPSA) is 84.9 Å². The monoisotopic (exact) mass is 349 g/mol. The molecule has 1 aliphatic rings. The van der Waals surface area contributed by atoms with Crippen molar-refractivity contribution >= 4 is 11.9 Å². The molecule has 0 spiro atoms. The van der Waals surface area contributed by atoms with E-state index in [4.69, 9.17) is 9.47 Å². The molecular formula is C19H27NO5. The minimum absolute atomic E-state index is 0.112. The van der Waals surface area contributed by atoms with Gasteiger partial charge in [-0.15, -0.1) is 0 Å². The minimum Gasteiger partial charge on any atom is -0.480 e. The Balaban J connectivity index is 1.90. The second-order valence-corrected chi connectivity index (χ2v) is 7.22. The number of carbonyl (C=O) groups excluding carboxylic acids is 1. The SMILES string of the molecule is CC(C)(C)OCCC(NC(=O)CC1OCCc2ccccc21)C(=O)O. The van der Waals surface area contributed by atoms with E-state index in [9.17, 15) is 14.7 Å². The van der Waals surface area contributed by atoms with Crippen molar-refractivity contribution in [3.63, 3.8) is 0 Å². The first kappa shape index (κ1) is 19.4. The van der Waals surface area contributed by atoms with Crippen molar-refractivity contribution in [3.05, 3.63) is 35.4 Å². The summed E-state index contributed by atoms with van der Waals surface area (Å²) in [4.78, 5) is 23.7. The molecule has 0 radical (unpaired) electrons. The molecule has 0 aromatic heterocycles.